The Kier molecular flexibility index (Phi) is 4.54. The maximum absolute atomic E-state index is 10.0. The molecule has 2 aromatic rings. The minimum atomic E-state index is -0.465. The van der Waals surface area contributed by atoms with Crippen LogP contribution in [0.25, 0.3) is 0 Å². The molecule has 0 amide bonds. The number of hydrogen-bond acceptors (Lipinski definition) is 4. The molecule has 0 radical (unpaired) electrons. The van der Waals surface area contributed by atoms with E-state index in [1.165, 1.54) is 5.56 Å². The lowest BCUT2D eigenvalue weighted by Crippen LogP contribution is -2.31. The molecule has 0 aliphatic carbocycles. The third-order valence-electron chi connectivity index (χ3n) is 2.87. The summed E-state index contributed by atoms with van der Waals surface area (Å²) >= 11 is 0. The first-order valence-corrected chi connectivity index (χ1v) is 6.32. The summed E-state index contributed by atoms with van der Waals surface area (Å²) in [7, 11) is 1.99. The van der Waals surface area contributed by atoms with Crippen LogP contribution < -0.4 is 5.73 Å². The van der Waals surface area contributed by atoms with Crippen LogP contribution in [-0.2, 0) is 13.1 Å². The lowest BCUT2D eigenvalue weighted by Gasteiger charge is -2.20. The smallest absolute Gasteiger partial charge is 0.0862 e. The molecule has 3 N–H and O–H groups in total. The fourth-order valence-corrected chi connectivity index (χ4v) is 2.07. The van der Waals surface area contributed by atoms with Gasteiger partial charge in [-0.15, -0.1) is 0 Å². The van der Waals surface area contributed by atoms with E-state index >= 15 is 0 Å². The summed E-state index contributed by atoms with van der Waals surface area (Å²) in [6.07, 6.45) is 2.84. The van der Waals surface area contributed by atoms with Crippen LogP contribution in [-0.4, -0.2) is 39.5 Å². The summed E-state index contributed by atoms with van der Waals surface area (Å²) in [4.78, 5) is 2.09. The summed E-state index contributed by atoms with van der Waals surface area (Å²) in [5, 5.41) is 14.1. The van der Waals surface area contributed by atoms with Crippen LogP contribution in [0.15, 0.2) is 42.7 Å². The number of aliphatic hydroxyl groups excluding tert-OH is 1. The molecule has 5 heteroatoms. The van der Waals surface area contributed by atoms with Gasteiger partial charge in [-0.2, -0.15) is 5.10 Å². The van der Waals surface area contributed by atoms with Gasteiger partial charge in [0.05, 0.1) is 24.5 Å². The molecule has 0 saturated carbocycles. The van der Waals surface area contributed by atoms with Crippen LogP contribution in [0.3, 0.4) is 0 Å². The second kappa shape index (κ2) is 6.36. The molecule has 0 fully saturated rings. The number of nitrogen functional groups attached to an aromatic ring is 1. The average molecular weight is 260 g/mol. The minimum absolute atomic E-state index is 0.455. The van der Waals surface area contributed by atoms with E-state index in [0.29, 0.717) is 18.8 Å². The van der Waals surface area contributed by atoms with Gasteiger partial charge in [0.25, 0.3) is 0 Å². The number of likely N-dealkylation sites (N-methyl/N-ethyl adjacent to an activating group) is 1. The molecule has 102 valence electrons. The molecule has 0 bridgehead atoms. The van der Waals surface area contributed by atoms with E-state index in [1.807, 2.05) is 25.2 Å². The number of nitrogens with zero attached hydrogens (tertiary/aromatic N) is 3. The monoisotopic (exact) mass is 260 g/mol. The van der Waals surface area contributed by atoms with Crippen molar-refractivity contribution < 1.29 is 5.11 Å². The molecule has 1 aromatic carbocycles. The Hall–Kier alpha value is -1.85. The zero-order valence-corrected chi connectivity index (χ0v) is 11.1. The van der Waals surface area contributed by atoms with E-state index in [0.717, 1.165) is 6.54 Å². The van der Waals surface area contributed by atoms with Crippen LogP contribution in [0.1, 0.15) is 5.56 Å². The Balaban J connectivity index is 1.80. The SMILES string of the molecule is CN(Cc1ccccc1)CC(O)Cn1cc(N)cn1. The molecule has 0 saturated heterocycles. The molecule has 0 aliphatic heterocycles. The van der Waals surface area contributed by atoms with Crippen LogP contribution in [0.5, 0.6) is 0 Å². The van der Waals surface area contributed by atoms with E-state index < -0.39 is 6.10 Å². The number of aliphatic hydroxyl groups is 1. The van der Waals surface area contributed by atoms with Gasteiger partial charge in [-0.3, -0.25) is 9.58 Å². The molecule has 1 heterocycles. The van der Waals surface area contributed by atoms with Crippen molar-refractivity contribution in [1.29, 1.82) is 0 Å². The molecule has 0 aliphatic rings. The van der Waals surface area contributed by atoms with Gasteiger partial charge in [0.1, 0.15) is 0 Å². The van der Waals surface area contributed by atoms with Crippen molar-refractivity contribution in [3.8, 4) is 0 Å². The Morgan fingerprint density at radius 3 is 2.74 bits per heavy atom. The third kappa shape index (κ3) is 4.39. The topological polar surface area (TPSA) is 67.3 Å². The molecule has 19 heavy (non-hydrogen) atoms. The predicted molar refractivity (Wildman–Crippen MR) is 75.4 cm³/mol. The van der Waals surface area contributed by atoms with Crippen LogP contribution >= 0.6 is 0 Å². The Morgan fingerprint density at radius 1 is 1.37 bits per heavy atom. The summed E-state index contributed by atoms with van der Waals surface area (Å²) < 4.78 is 1.66. The first kappa shape index (κ1) is 13.6. The van der Waals surface area contributed by atoms with E-state index in [9.17, 15) is 5.11 Å². The van der Waals surface area contributed by atoms with E-state index in [2.05, 4.69) is 22.1 Å². The number of nitrogens with two attached hydrogens (primary N) is 1. The second-order valence-corrected chi connectivity index (χ2v) is 4.83. The van der Waals surface area contributed by atoms with Crippen LogP contribution in [0.2, 0.25) is 0 Å². The molecule has 5 nitrogen and oxygen atoms in total. The highest BCUT2D eigenvalue weighted by atomic mass is 16.3. The summed E-state index contributed by atoms with van der Waals surface area (Å²) in [6, 6.07) is 10.2. The largest absolute Gasteiger partial charge is 0.396 e. The number of rotatable bonds is 6. The maximum atomic E-state index is 10.0. The van der Waals surface area contributed by atoms with Crippen molar-refractivity contribution in [1.82, 2.24) is 14.7 Å². The summed E-state index contributed by atoms with van der Waals surface area (Å²) in [5.74, 6) is 0. The predicted octanol–water partition coefficient (Wildman–Crippen LogP) is 0.958. The molecule has 1 atom stereocenters. The first-order valence-electron chi connectivity index (χ1n) is 6.32. The molecular weight excluding hydrogens is 240 g/mol. The maximum Gasteiger partial charge on any atom is 0.0862 e. The van der Waals surface area contributed by atoms with Crippen molar-refractivity contribution in [2.45, 2.75) is 19.2 Å². The number of aromatic nitrogens is 2. The Labute approximate surface area is 113 Å². The Morgan fingerprint density at radius 2 is 2.11 bits per heavy atom. The second-order valence-electron chi connectivity index (χ2n) is 4.83. The number of anilines is 1. The van der Waals surface area contributed by atoms with Crippen LogP contribution in [0, 0.1) is 0 Å². The van der Waals surface area contributed by atoms with E-state index in [1.54, 1.807) is 17.1 Å². The Bertz CT molecular complexity index is 497. The fourth-order valence-electron chi connectivity index (χ4n) is 2.07. The van der Waals surface area contributed by atoms with Gasteiger partial charge in [-0.05, 0) is 12.6 Å². The van der Waals surface area contributed by atoms with Crippen molar-refractivity contribution in [3.63, 3.8) is 0 Å². The van der Waals surface area contributed by atoms with Gasteiger partial charge < -0.3 is 10.8 Å². The third-order valence-corrected chi connectivity index (χ3v) is 2.87. The molecule has 0 spiro atoms. The molecular formula is C14H20N4O. The highest BCUT2D eigenvalue weighted by molar-refractivity contribution is 5.30. The van der Waals surface area contributed by atoms with Gasteiger partial charge in [0.15, 0.2) is 0 Å². The first-order chi connectivity index (χ1) is 9.13. The lowest BCUT2D eigenvalue weighted by molar-refractivity contribution is 0.104. The highest BCUT2D eigenvalue weighted by Crippen LogP contribution is 2.04. The van der Waals surface area contributed by atoms with Crippen molar-refractivity contribution in [2.75, 3.05) is 19.3 Å². The van der Waals surface area contributed by atoms with Crippen LogP contribution in [0.4, 0.5) is 5.69 Å². The normalized spacial score (nSPS) is 12.8. The minimum Gasteiger partial charge on any atom is -0.396 e. The number of benzene rings is 1. The van der Waals surface area contributed by atoms with Crippen molar-refractivity contribution in [2.24, 2.45) is 0 Å². The van der Waals surface area contributed by atoms with E-state index in [-0.39, 0.29) is 0 Å². The zero-order chi connectivity index (χ0) is 13.7. The van der Waals surface area contributed by atoms with Gasteiger partial charge in [0, 0.05) is 19.3 Å². The molecule has 2 rings (SSSR count). The van der Waals surface area contributed by atoms with E-state index in [4.69, 9.17) is 5.73 Å². The zero-order valence-electron chi connectivity index (χ0n) is 11.1. The van der Waals surface area contributed by atoms with Gasteiger partial charge in [-0.1, -0.05) is 30.3 Å². The highest BCUT2D eigenvalue weighted by Gasteiger charge is 2.10. The molecule has 1 aromatic heterocycles. The van der Waals surface area contributed by atoms with Crippen molar-refractivity contribution >= 4 is 5.69 Å². The van der Waals surface area contributed by atoms with Gasteiger partial charge >= 0.3 is 0 Å². The summed E-state index contributed by atoms with van der Waals surface area (Å²) in [5.41, 5.74) is 7.43. The lowest BCUT2D eigenvalue weighted by atomic mass is 10.2. The van der Waals surface area contributed by atoms with Crippen molar-refractivity contribution in [3.05, 3.63) is 48.3 Å². The average Bonchev–Trinajstić information content (AvgIpc) is 2.75. The quantitative estimate of drug-likeness (QED) is 0.812. The van der Waals surface area contributed by atoms with Gasteiger partial charge in [0.2, 0.25) is 0 Å². The number of hydrogen-bond donors (Lipinski definition) is 2. The standard InChI is InChI=1S/C14H20N4O/c1-17(8-12-5-3-2-4-6-12)10-14(19)11-18-9-13(15)7-16-18/h2-7,9,14,19H,8,10-11,15H2,1H3. The summed E-state index contributed by atoms with van der Waals surface area (Å²) in [6.45, 7) is 1.87. The fraction of sp³-hybridized carbons (Fsp3) is 0.357. The van der Waals surface area contributed by atoms with Gasteiger partial charge in [-0.25, -0.2) is 0 Å². The molecule has 1 unspecified atom stereocenters.